The van der Waals surface area contributed by atoms with Gasteiger partial charge in [0.25, 0.3) is 0 Å². The molecular formula is F5LiTi. The minimum absolute atomic E-state index is 0. The van der Waals surface area contributed by atoms with E-state index in [2.05, 4.69) is 0 Å². The van der Waals surface area contributed by atoms with Crippen molar-refractivity contribution in [3.63, 3.8) is 0 Å². The average Bonchev–Trinajstić information content (AvgIpc) is 0. The molecule has 0 bridgehead atoms. The van der Waals surface area contributed by atoms with E-state index in [1.54, 1.807) is 0 Å². The van der Waals surface area contributed by atoms with E-state index in [-0.39, 0.29) is 64.1 Å². The molecule has 0 nitrogen and oxygen atoms in total. The zero-order valence-electron chi connectivity index (χ0n) is 3.39. The number of hydrogen-bond acceptors (Lipinski definition) is 0. The van der Waals surface area contributed by atoms with Crippen molar-refractivity contribution in [3.8, 4) is 0 Å². The van der Waals surface area contributed by atoms with E-state index in [1.165, 1.54) is 0 Å². The zero-order valence-corrected chi connectivity index (χ0v) is 4.95. The van der Waals surface area contributed by atoms with Gasteiger partial charge >= 0.3 is 40.6 Å². The van der Waals surface area contributed by atoms with Crippen molar-refractivity contribution in [1.29, 1.82) is 0 Å². The summed E-state index contributed by atoms with van der Waals surface area (Å²) in [4.78, 5) is 0. The van der Waals surface area contributed by atoms with Crippen LogP contribution in [-0.4, -0.2) is 0 Å². The fraction of sp³-hybridized carbons (Fsp3) is 0. The summed E-state index contributed by atoms with van der Waals surface area (Å²) < 4.78 is 0. The molecule has 0 aliphatic rings. The van der Waals surface area contributed by atoms with Gasteiger partial charge in [-0.25, -0.2) is 0 Å². The van der Waals surface area contributed by atoms with Crippen LogP contribution < -0.4 is 42.4 Å². The van der Waals surface area contributed by atoms with Crippen LogP contribution in [0, 0.1) is 0 Å². The number of rotatable bonds is 0. The van der Waals surface area contributed by atoms with Crippen molar-refractivity contribution in [2.45, 2.75) is 0 Å². The normalized spacial score (nSPS) is 0. The SMILES string of the molecule is [F-].[F-].[F-].[F-].[F-].[Li+].[Ti+4]. The molecule has 0 saturated heterocycles. The largest absolute Gasteiger partial charge is 4.00 e. The van der Waals surface area contributed by atoms with Gasteiger partial charge in [-0.05, 0) is 0 Å². The molecule has 0 spiro atoms. The molecule has 0 heterocycles. The van der Waals surface area contributed by atoms with Crippen molar-refractivity contribution in [1.82, 2.24) is 0 Å². The van der Waals surface area contributed by atoms with E-state index >= 15 is 0 Å². The maximum absolute atomic E-state index is 0. The molecule has 7 heteroatoms. The summed E-state index contributed by atoms with van der Waals surface area (Å²) in [6, 6.07) is 0. The van der Waals surface area contributed by atoms with Gasteiger partial charge in [-0.2, -0.15) is 0 Å². The second-order valence-electron chi connectivity index (χ2n) is 0. The number of halogens is 5. The summed E-state index contributed by atoms with van der Waals surface area (Å²) in [7, 11) is 0. The van der Waals surface area contributed by atoms with Gasteiger partial charge in [0.05, 0.1) is 0 Å². The number of hydrogen-bond donors (Lipinski definition) is 0. The van der Waals surface area contributed by atoms with Crippen molar-refractivity contribution < 1.29 is 64.1 Å². The Morgan fingerprint density at radius 3 is 0.429 bits per heavy atom. The minimum atomic E-state index is 0. The molecule has 0 radical (unpaired) electrons. The van der Waals surface area contributed by atoms with Gasteiger partial charge < -0.3 is 23.5 Å². The molecule has 0 saturated carbocycles. The summed E-state index contributed by atoms with van der Waals surface area (Å²) in [5.41, 5.74) is 0. The average molecular weight is 150 g/mol. The van der Waals surface area contributed by atoms with E-state index in [0.717, 1.165) is 0 Å². The van der Waals surface area contributed by atoms with Crippen LogP contribution in [-0.2, 0) is 21.7 Å². The predicted molar refractivity (Wildman–Crippen MR) is 0 cm³/mol. The Kier molecular flexibility index (Phi) is 15900. The van der Waals surface area contributed by atoms with Crippen LogP contribution in [0.2, 0.25) is 0 Å². The Morgan fingerprint density at radius 2 is 0.429 bits per heavy atom. The third kappa shape index (κ3) is 185. The molecule has 0 N–H and O–H groups in total. The molecular weight excluding hydrogens is 150 g/mol. The Morgan fingerprint density at radius 1 is 0.429 bits per heavy atom. The maximum Gasteiger partial charge on any atom is 4.00 e. The Bertz CT molecular complexity index is 8.04. The first kappa shape index (κ1) is 417. The predicted octanol–water partition coefficient (Wildman–Crippen LogP) is -18.0. The van der Waals surface area contributed by atoms with Gasteiger partial charge in [-0.15, -0.1) is 0 Å². The fourth-order valence-electron chi connectivity index (χ4n) is 0. The van der Waals surface area contributed by atoms with Gasteiger partial charge in [0.15, 0.2) is 0 Å². The second kappa shape index (κ2) is 268. The topological polar surface area (TPSA) is 0 Å². The summed E-state index contributed by atoms with van der Waals surface area (Å²) in [6.07, 6.45) is 0. The smallest absolute Gasteiger partial charge is 1.00 e. The Balaban J connectivity index is 0. The quantitative estimate of drug-likeness (QED) is 0.237. The third-order valence-corrected chi connectivity index (χ3v) is 0. The molecule has 0 aromatic carbocycles. The van der Waals surface area contributed by atoms with Gasteiger partial charge in [0, 0.05) is 0 Å². The van der Waals surface area contributed by atoms with Gasteiger partial charge in [0.1, 0.15) is 0 Å². The van der Waals surface area contributed by atoms with Crippen LogP contribution >= 0.6 is 0 Å². The molecule has 0 aliphatic carbocycles. The molecule has 0 rings (SSSR count). The maximum atomic E-state index is 0. The zero-order chi connectivity index (χ0) is 0. The molecule has 0 aromatic heterocycles. The van der Waals surface area contributed by atoms with E-state index < -0.39 is 0 Å². The molecule has 0 amide bonds. The minimum Gasteiger partial charge on any atom is -1.00 e. The third-order valence-electron chi connectivity index (χ3n) is 0. The van der Waals surface area contributed by atoms with Crippen LogP contribution in [0.3, 0.4) is 0 Å². The monoisotopic (exact) mass is 150 g/mol. The summed E-state index contributed by atoms with van der Waals surface area (Å²) >= 11 is 0. The molecule has 40 valence electrons. The Labute approximate surface area is 64.3 Å². The van der Waals surface area contributed by atoms with Gasteiger partial charge in [0.2, 0.25) is 0 Å². The molecule has 0 atom stereocenters. The first-order valence-electron chi connectivity index (χ1n) is 0. The van der Waals surface area contributed by atoms with Crippen molar-refractivity contribution >= 4 is 0 Å². The van der Waals surface area contributed by atoms with Crippen LogP contribution in [0.5, 0.6) is 0 Å². The van der Waals surface area contributed by atoms with Crippen molar-refractivity contribution in [3.05, 3.63) is 0 Å². The summed E-state index contributed by atoms with van der Waals surface area (Å²) in [6.45, 7) is 0. The van der Waals surface area contributed by atoms with Crippen LogP contribution in [0.4, 0.5) is 0 Å². The molecule has 0 fully saturated rings. The fourth-order valence-corrected chi connectivity index (χ4v) is 0. The molecule has 7 heavy (non-hydrogen) atoms. The Hall–Kier alpha value is 0.962. The second-order valence-corrected chi connectivity index (χ2v) is 0. The first-order valence-corrected chi connectivity index (χ1v) is 0. The standard InChI is InChI=1S/5FH.Li.Ti/h5*1H;;/q;;;;;+1;+4/p-5. The van der Waals surface area contributed by atoms with Crippen molar-refractivity contribution in [2.24, 2.45) is 0 Å². The van der Waals surface area contributed by atoms with Gasteiger partial charge in [-0.1, -0.05) is 0 Å². The van der Waals surface area contributed by atoms with Crippen LogP contribution in [0.15, 0.2) is 0 Å². The van der Waals surface area contributed by atoms with Crippen LogP contribution in [0.25, 0.3) is 0 Å². The van der Waals surface area contributed by atoms with Gasteiger partial charge in [-0.3, -0.25) is 0 Å². The van der Waals surface area contributed by atoms with E-state index in [1.807, 2.05) is 0 Å². The summed E-state index contributed by atoms with van der Waals surface area (Å²) in [5.74, 6) is 0. The van der Waals surface area contributed by atoms with E-state index in [9.17, 15) is 0 Å². The molecule has 0 aromatic rings. The molecule has 0 aliphatic heterocycles. The first-order chi connectivity index (χ1) is 0. The molecule has 0 unspecified atom stereocenters. The summed E-state index contributed by atoms with van der Waals surface area (Å²) in [5, 5.41) is 0. The van der Waals surface area contributed by atoms with Crippen LogP contribution in [0.1, 0.15) is 0 Å². The van der Waals surface area contributed by atoms with E-state index in [0.29, 0.717) is 0 Å². The van der Waals surface area contributed by atoms with E-state index in [4.69, 9.17) is 0 Å². The van der Waals surface area contributed by atoms with Crippen molar-refractivity contribution in [2.75, 3.05) is 0 Å².